The van der Waals surface area contributed by atoms with Crippen molar-refractivity contribution in [3.8, 4) is 5.75 Å². The van der Waals surface area contributed by atoms with E-state index in [4.69, 9.17) is 14.0 Å². The number of ether oxygens (including phenoxy) is 2. The SMILES string of the molecule is COc1ccc(C(=O)[C@H](C)OC(=O)CCNS(=O)(=O)c2c(C)noc2C)cc1. The molecule has 0 unspecified atom stereocenters. The van der Waals surface area contributed by atoms with Gasteiger partial charge in [0.25, 0.3) is 0 Å². The van der Waals surface area contributed by atoms with Crippen molar-refractivity contribution >= 4 is 21.8 Å². The smallest absolute Gasteiger partial charge is 0.307 e. The number of ketones is 1. The van der Waals surface area contributed by atoms with Gasteiger partial charge in [-0.2, -0.15) is 0 Å². The summed E-state index contributed by atoms with van der Waals surface area (Å²) in [6, 6.07) is 6.41. The summed E-state index contributed by atoms with van der Waals surface area (Å²) in [6.45, 7) is 4.26. The van der Waals surface area contributed by atoms with E-state index in [0.29, 0.717) is 11.3 Å². The van der Waals surface area contributed by atoms with Gasteiger partial charge in [-0.15, -0.1) is 0 Å². The van der Waals surface area contributed by atoms with Crippen LogP contribution < -0.4 is 9.46 Å². The van der Waals surface area contributed by atoms with E-state index in [9.17, 15) is 18.0 Å². The number of Topliss-reactive ketones (excluding diaryl/α,β-unsaturated/α-hetero) is 1. The summed E-state index contributed by atoms with van der Waals surface area (Å²) in [5.74, 6) is -0.304. The molecule has 0 radical (unpaired) electrons. The van der Waals surface area contributed by atoms with Crippen molar-refractivity contribution in [1.82, 2.24) is 9.88 Å². The zero-order chi connectivity index (χ0) is 20.9. The first-order valence-corrected chi connectivity index (χ1v) is 9.94. The maximum Gasteiger partial charge on any atom is 0.307 e. The van der Waals surface area contributed by atoms with E-state index in [1.807, 2.05) is 0 Å². The first-order valence-electron chi connectivity index (χ1n) is 8.46. The molecule has 10 heteroatoms. The Bertz CT molecular complexity index is 929. The lowest BCUT2D eigenvalue weighted by Gasteiger charge is -2.13. The Morgan fingerprint density at radius 1 is 1.21 bits per heavy atom. The van der Waals surface area contributed by atoms with Crippen LogP contribution in [0.1, 0.15) is 35.2 Å². The van der Waals surface area contributed by atoms with Gasteiger partial charge >= 0.3 is 5.97 Å². The van der Waals surface area contributed by atoms with E-state index < -0.39 is 22.1 Å². The maximum absolute atomic E-state index is 12.3. The standard InChI is InChI=1S/C18H22N2O7S/c1-11-18(13(3)27-20-11)28(23,24)19-10-9-16(21)26-12(2)17(22)14-5-7-15(25-4)8-6-14/h5-8,12,19H,9-10H2,1-4H3/t12-/m0/s1. The lowest BCUT2D eigenvalue weighted by Crippen LogP contribution is -2.29. The predicted octanol–water partition coefficient (Wildman–Crippen LogP) is 1.78. The average Bonchev–Trinajstić information content (AvgIpc) is 3.00. The molecule has 9 nitrogen and oxygen atoms in total. The van der Waals surface area contributed by atoms with Crippen molar-refractivity contribution < 1.29 is 32.0 Å². The van der Waals surface area contributed by atoms with Crippen molar-refractivity contribution in [2.24, 2.45) is 0 Å². The predicted molar refractivity (Wildman–Crippen MR) is 98.7 cm³/mol. The van der Waals surface area contributed by atoms with Gasteiger partial charge in [0.1, 0.15) is 16.3 Å². The number of benzene rings is 1. The Balaban J connectivity index is 1.87. The summed E-state index contributed by atoms with van der Waals surface area (Å²) < 4.78 is 41.8. The van der Waals surface area contributed by atoms with Crippen LogP contribution in [0.4, 0.5) is 0 Å². The van der Waals surface area contributed by atoms with E-state index in [0.717, 1.165) is 0 Å². The number of nitrogens with one attached hydrogen (secondary N) is 1. The van der Waals surface area contributed by atoms with Crippen molar-refractivity contribution in [1.29, 1.82) is 0 Å². The van der Waals surface area contributed by atoms with E-state index in [1.165, 1.54) is 27.9 Å². The molecule has 152 valence electrons. The Labute approximate surface area is 163 Å². The number of hydrogen-bond acceptors (Lipinski definition) is 8. The van der Waals surface area contributed by atoms with E-state index in [1.54, 1.807) is 24.3 Å². The normalized spacial score (nSPS) is 12.4. The molecule has 0 aliphatic carbocycles. The minimum absolute atomic E-state index is 0.0519. The summed E-state index contributed by atoms with van der Waals surface area (Å²) in [7, 11) is -2.35. The van der Waals surface area contributed by atoms with Gasteiger partial charge in [0.2, 0.25) is 15.8 Å². The Morgan fingerprint density at radius 2 is 1.86 bits per heavy atom. The number of carbonyl (C=O) groups is 2. The Morgan fingerprint density at radius 3 is 2.39 bits per heavy atom. The number of aromatic nitrogens is 1. The van der Waals surface area contributed by atoms with Gasteiger partial charge in [0.15, 0.2) is 11.9 Å². The number of methoxy groups -OCH3 is 1. The zero-order valence-electron chi connectivity index (χ0n) is 16.0. The van der Waals surface area contributed by atoms with E-state index >= 15 is 0 Å². The molecule has 0 saturated heterocycles. The van der Waals surface area contributed by atoms with Crippen LogP contribution in [-0.4, -0.2) is 45.1 Å². The van der Waals surface area contributed by atoms with Crippen LogP contribution in [0.15, 0.2) is 33.7 Å². The second-order valence-corrected chi connectivity index (χ2v) is 7.73. The molecule has 1 aromatic carbocycles. The molecule has 0 amide bonds. The van der Waals surface area contributed by atoms with Crippen molar-refractivity contribution in [2.45, 2.75) is 38.2 Å². The average molecular weight is 410 g/mol. The van der Waals surface area contributed by atoms with Crippen LogP contribution in [0.25, 0.3) is 0 Å². The highest BCUT2D eigenvalue weighted by Crippen LogP contribution is 2.18. The highest BCUT2D eigenvalue weighted by atomic mass is 32.2. The van der Waals surface area contributed by atoms with Gasteiger partial charge < -0.3 is 14.0 Å². The highest BCUT2D eigenvalue weighted by Gasteiger charge is 2.24. The molecule has 1 heterocycles. The van der Waals surface area contributed by atoms with Crippen LogP contribution in [0.5, 0.6) is 5.75 Å². The molecule has 0 saturated carbocycles. The summed E-state index contributed by atoms with van der Waals surface area (Å²) >= 11 is 0. The Kier molecular flexibility index (Phi) is 6.92. The number of sulfonamides is 1. The molecule has 2 rings (SSSR count). The molecule has 0 spiro atoms. The maximum atomic E-state index is 12.3. The molecule has 0 aliphatic heterocycles. The van der Waals surface area contributed by atoms with Gasteiger partial charge in [0.05, 0.1) is 13.5 Å². The molecule has 0 aliphatic rings. The van der Waals surface area contributed by atoms with Crippen LogP contribution in [0.3, 0.4) is 0 Å². The fourth-order valence-electron chi connectivity index (χ4n) is 2.52. The number of carbonyl (C=O) groups excluding carboxylic acids is 2. The van der Waals surface area contributed by atoms with Crippen LogP contribution in [0, 0.1) is 13.8 Å². The summed E-state index contributed by atoms with van der Waals surface area (Å²) in [5, 5.41) is 3.59. The number of nitrogens with zero attached hydrogens (tertiary/aromatic N) is 1. The lowest BCUT2D eigenvalue weighted by atomic mass is 10.1. The van der Waals surface area contributed by atoms with Gasteiger partial charge in [-0.1, -0.05) is 5.16 Å². The monoisotopic (exact) mass is 410 g/mol. The second-order valence-electron chi connectivity index (χ2n) is 6.03. The Hall–Kier alpha value is -2.72. The molecule has 0 bridgehead atoms. The molecule has 1 N–H and O–H groups in total. The van der Waals surface area contributed by atoms with E-state index in [-0.39, 0.29) is 35.1 Å². The molecule has 1 atom stereocenters. The lowest BCUT2D eigenvalue weighted by molar-refractivity contribution is -0.146. The third kappa shape index (κ3) is 5.17. The minimum atomic E-state index is -3.86. The van der Waals surface area contributed by atoms with E-state index in [2.05, 4.69) is 9.88 Å². The number of rotatable bonds is 9. The molecule has 2 aromatic rings. The van der Waals surface area contributed by atoms with Crippen LogP contribution in [-0.2, 0) is 19.6 Å². The number of hydrogen-bond donors (Lipinski definition) is 1. The van der Waals surface area contributed by atoms with Gasteiger partial charge in [0, 0.05) is 12.1 Å². The highest BCUT2D eigenvalue weighted by molar-refractivity contribution is 7.89. The number of aryl methyl sites for hydroxylation is 2. The summed E-state index contributed by atoms with van der Waals surface area (Å²) in [6.07, 6.45) is -1.23. The van der Waals surface area contributed by atoms with Gasteiger partial charge in [-0.25, -0.2) is 13.1 Å². The minimum Gasteiger partial charge on any atom is -0.497 e. The fraction of sp³-hybridized carbons (Fsp3) is 0.389. The van der Waals surface area contributed by atoms with Gasteiger partial charge in [-0.3, -0.25) is 9.59 Å². The second kappa shape index (κ2) is 8.98. The van der Waals surface area contributed by atoms with Gasteiger partial charge in [-0.05, 0) is 45.0 Å². The quantitative estimate of drug-likeness (QED) is 0.490. The molecule has 28 heavy (non-hydrogen) atoms. The van der Waals surface area contributed by atoms with Crippen LogP contribution in [0.2, 0.25) is 0 Å². The zero-order valence-corrected chi connectivity index (χ0v) is 16.8. The first-order chi connectivity index (χ1) is 13.2. The van der Waals surface area contributed by atoms with Crippen molar-refractivity contribution in [3.05, 3.63) is 41.3 Å². The third-order valence-electron chi connectivity index (χ3n) is 3.91. The van der Waals surface area contributed by atoms with Crippen LogP contribution >= 0.6 is 0 Å². The molecule has 1 aromatic heterocycles. The largest absolute Gasteiger partial charge is 0.497 e. The molecular formula is C18H22N2O7S. The third-order valence-corrected chi connectivity index (χ3v) is 5.61. The summed E-state index contributed by atoms with van der Waals surface area (Å²) in [4.78, 5) is 24.2. The summed E-state index contributed by atoms with van der Waals surface area (Å²) in [5.41, 5.74) is 0.603. The van der Waals surface area contributed by atoms with Crippen molar-refractivity contribution in [2.75, 3.05) is 13.7 Å². The first kappa shape index (κ1) is 21.6. The molecular weight excluding hydrogens is 388 g/mol. The number of esters is 1. The molecule has 0 fully saturated rings. The topological polar surface area (TPSA) is 125 Å². The van der Waals surface area contributed by atoms with Crippen molar-refractivity contribution in [3.63, 3.8) is 0 Å². The fourth-order valence-corrected chi connectivity index (χ4v) is 3.87.